The monoisotopic (exact) mass is 155 g/mol. The molecule has 2 amide bonds. The van der Waals surface area contributed by atoms with E-state index >= 15 is 0 Å². The van der Waals surface area contributed by atoms with Crippen molar-refractivity contribution >= 4 is 11.8 Å². The van der Waals surface area contributed by atoms with Crippen LogP contribution in [0.3, 0.4) is 0 Å². The number of nitrogens with zero attached hydrogens (tertiary/aromatic N) is 1. The summed E-state index contributed by atoms with van der Waals surface area (Å²) in [5.41, 5.74) is 0.841. The first-order chi connectivity index (χ1) is 5.09. The molecule has 1 N–H and O–H groups in total. The van der Waals surface area contributed by atoms with Crippen molar-refractivity contribution in [2.45, 2.75) is 13.8 Å². The molecule has 4 heteroatoms. The zero-order chi connectivity index (χ0) is 8.59. The summed E-state index contributed by atoms with van der Waals surface area (Å²) in [4.78, 5) is 22.9. The van der Waals surface area contributed by atoms with Gasteiger partial charge in [0.25, 0.3) is 11.8 Å². The Morgan fingerprint density at radius 1 is 1.18 bits per heavy atom. The maximum Gasteiger partial charge on any atom is 0.258 e. The first-order valence-electron chi connectivity index (χ1n) is 3.24. The fourth-order valence-electron chi connectivity index (χ4n) is 0.946. The van der Waals surface area contributed by atoms with Crippen LogP contribution in [0.2, 0.25) is 0 Å². The van der Waals surface area contributed by atoms with Gasteiger partial charge in [-0.2, -0.15) is 0 Å². The number of carbonyl (C=O) groups excluding carboxylic acids is 2. The predicted molar refractivity (Wildman–Crippen MR) is 37.3 cm³/mol. The third kappa shape index (κ3) is 0.952. The molecule has 0 radical (unpaired) electrons. The summed E-state index contributed by atoms with van der Waals surface area (Å²) in [6, 6.07) is 0. The molecular weight excluding hydrogens is 146 g/mol. The molecule has 1 rings (SSSR count). The second-order valence-electron chi connectivity index (χ2n) is 2.43. The van der Waals surface area contributed by atoms with Gasteiger partial charge >= 0.3 is 0 Å². The maximum absolute atomic E-state index is 11.0. The summed E-state index contributed by atoms with van der Waals surface area (Å²) < 4.78 is 0. The quantitative estimate of drug-likeness (QED) is 0.526. The highest BCUT2D eigenvalue weighted by Gasteiger charge is 2.32. The van der Waals surface area contributed by atoms with Gasteiger partial charge in [-0.15, -0.1) is 0 Å². The Hall–Kier alpha value is -1.16. The first-order valence-corrected chi connectivity index (χ1v) is 3.24. The summed E-state index contributed by atoms with van der Waals surface area (Å²) in [6.45, 7) is 2.61. The largest absolute Gasteiger partial charge is 0.376 e. The first kappa shape index (κ1) is 7.94. The lowest BCUT2D eigenvalue weighted by Crippen LogP contribution is -2.32. The van der Waals surface area contributed by atoms with Gasteiger partial charge < -0.3 is 5.11 Å². The fourth-order valence-corrected chi connectivity index (χ4v) is 0.946. The minimum absolute atomic E-state index is 0.394. The Morgan fingerprint density at radius 2 is 1.55 bits per heavy atom. The van der Waals surface area contributed by atoms with E-state index in [2.05, 4.69) is 0 Å². The molecule has 0 bridgehead atoms. The van der Waals surface area contributed by atoms with E-state index in [4.69, 9.17) is 5.11 Å². The molecule has 60 valence electrons. The van der Waals surface area contributed by atoms with Crippen molar-refractivity contribution in [2.75, 3.05) is 6.73 Å². The standard InChI is InChI=1S/C7H9NO3/c1-4-5(2)7(11)8(3-9)6(4)10/h9H,3H2,1-2H3. The molecule has 0 aromatic carbocycles. The van der Waals surface area contributed by atoms with Gasteiger partial charge in [-0.05, 0) is 13.8 Å². The molecule has 0 unspecified atom stereocenters. The van der Waals surface area contributed by atoms with Crippen molar-refractivity contribution in [3.8, 4) is 0 Å². The van der Waals surface area contributed by atoms with E-state index in [-0.39, 0.29) is 0 Å². The van der Waals surface area contributed by atoms with E-state index in [9.17, 15) is 9.59 Å². The fraction of sp³-hybridized carbons (Fsp3) is 0.429. The Kier molecular flexibility index (Phi) is 1.78. The molecule has 4 nitrogen and oxygen atoms in total. The van der Waals surface area contributed by atoms with E-state index in [1.54, 1.807) is 13.8 Å². The number of carbonyl (C=O) groups is 2. The van der Waals surface area contributed by atoms with Crippen molar-refractivity contribution in [1.82, 2.24) is 4.90 Å². The van der Waals surface area contributed by atoms with Crippen molar-refractivity contribution < 1.29 is 14.7 Å². The molecule has 1 aliphatic rings. The van der Waals surface area contributed by atoms with Crippen LogP contribution in [-0.2, 0) is 9.59 Å². The molecule has 1 heterocycles. The van der Waals surface area contributed by atoms with Gasteiger partial charge in [0.2, 0.25) is 0 Å². The Balaban J connectivity index is 3.02. The number of rotatable bonds is 1. The van der Waals surface area contributed by atoms with Gasteiger partial charge in [0.1, 0.15) is 6.73 Å². The topological polar surface area (TPSA) is 57.6 Å². The molecule has 11 heavy (non-hydrogen) atoms. The molecule has 0 spiro atoms. The smallest absolute Gasteiger partial charge is 0.258 e. The number of aliphatic hydroxyl groups is 1. The third-order valence-corrected chi connectivity index (χ3v) is 1.84. The van der Waals surface area contributed by atoms with Crippen LogP contribution in [0.4, 0.5) is 0 Å². The van der Waals surface area contributed by atoms with E-state index in [1.165, 1.54) is 0 Å². The molecule has 0 aromatic rings. The third-order valence-electron chi connectivity index (χ3n) is 1.84. The van der Waals surface area contributed by atoms with Crippen LogP contribution < -0.4 is 0 Å². The van der Waals surface area contributed by atoms with Crippen LogP contribution >= 0.6 is 0 Å². The molecule has 0 atom stereocenters. The molecule has 0 aliphatic carbocycles. The average Bonchev–Trinajstić information content (AvgIpc) is 2.17. The van der Waals surface area contributed by atoms with Crippen LogP contribution in [0.25, 0.3) is 0 Å². The van der Waals surface area contributed by atoms with Crippen LogP contribution in [0.5, 0.6) is 0 Å². The van der Waals surface area contributed by atoms with Crippen molar-refractivity contribution in [2.24, 2.45) is 0 Å². The molecule has 0 fully saturated rings. The summed E-state index contributed by atoms with van der Waals surface area (Å²) in [5, 5.41) is 8.60. The minimum atomic E-state index is -0.535. The van der Waals surface area contributed by atoms with Gasteiger partial charge in [-0.1, -0.05) is 0 Å². The molecule has 0 saturated carbocycles. The van der Waals surface area contributed by atoms with E-state index in [0.29, 0.717) is 11.1 Å². The zero-order valence-corrected chi connectivity index (χ0v) is 6.42. The minimum Gasteiger partial charge on any atom is -0.376 e. The molecular formula is C7H9NO3. The van der Waals surface area contributed by atoms with Crippen molar-refractivity contribution in [1.29, 1.82) is 0 Å². The summed E-state index contributed by atoms with van der Waals surface area (Å²) in [6.07, 6.45) is 0. The number of aliphatic hydroxyl groups excluding tert-OH is 1. The highest BCUT2D eigenvalue weighted by atomic mass is 16.3. The predicted octanol–water partition coefficient (Wildman–Crippen LogP) is -0.359. The SMILES string of the molecule is CC1=C(C)C(=O)N(CO)C1=O. The maximum atomic E-state index is 11.0. The lowest BCUT2D eigenvalue weighted by Gasteiger charge is -2.08. The average molecular weight is 155 g/mol. The zero-order valence-electron chi connectivity index (χ0n) is 6.42. The summed E-state index contributed by atoms with van der Waals surface area (Å²) in [5.74, 6) is -0.787. The van der Waals surface area contributed by atoms with Gasteiger partial charge in [-0.3, -0.25) is 14.5 Å². The van der Waals surface area contributed by atoms with Gasteiger partial charge in [0.05, 0.1) is 0 Å². The number of imide groups is 1. The summed E-state index contributed by atoms with van der Waals surface area (Å²) in [7, 11) is 0. The highest BCUT2D eigenvalue weighted by molar-refractivity contribution is 6.18. The normalized spacial score (nSPS) is 18.6. The van der Waals surface area contributed by atoms with Crippen LogP contribution in [-0.4, -0.2) is 28.6 Å². The molecule has 1 aliphatic heterocycles. The number of hydrogen-bond donors (Lipinski definition) is 1. The Morgan fingerprint density at radius 3 is 1.73 bits per heavy atom. The number of amides is 2. The van der Waals surface area contributed by atoms with Gasteiger partial charge in [0.15, 0.2) is 0 Å². The van der Waals surface area contributed by atoms with Crippen LogP contribution in [0, 0.1) is 0 Å². The van der Waals surface area contributed by atoms with Crippen LogP contribution in [0.15, 0.2) is 11.1 Å². The Bertz CT molecular complexity index is 230. The Labute approximate surface area is 64.1 Å². The molecule has 0 saturated heterocycles. The van der Waals surface area contributed by atoms with Gasteiger partial charge in [-0.25, -0.2) is 0 Å². The summed E-state index contributed by atoms with van der Waals surface area (Å²) >= 11 is 0. The van der Waals surface area contributed by atoms with Crippen LogP contribution in [0.1, 0.15) is 13.8 Å². The van der Waals surface area contributed by atoms with E-state index < -0.39 is 18.5 Å². The van der Waals surface area contributed by atoms with Crippen molar-refractivity contribution in [3.63, 3.8) is 0 Å². The van der Waals surface area contributed by atoms with E-state index in [0.717, 1.165) is 4.90 Å². The second-order valence-corrected chi connectivity index (χ2v) is 2.43. The highest BCUT2D eigenvalue weighted by Crippen LogP contribution is 2.18. The lowest BCUT2D eigenvalue weighted by molar-refractivity contribution is -0.141. The number of hydrogen-bond acceptors (Lipinski definition) is 3. The second kappa shape index (κ2) is 2.47. The van der Waals surface area contributed by atoms with Crippen molar-refractivity contribution in [3.05, 3.63) is 11.1 Å². The van der Waals surface area contributed by atoms with E-state index in [1.807, 2.05) is 0 Å². The van der Waals surface area contributed by atoms with Gasteiger partial charge in [0, 0.05) is 11.1 Å². The lowest BCUT2D eigenvalue weighted by atomic mass is 10.2. The molecule has 0 aromatic heterocycles.